The number of rotatable bonds is 3. The zero-order valence-electron chi connectivity index (χ0n) is 10.6. The maximum atomic E-state index is 6.16. The minimum Gasteiger partial charge on any atom is -0.380 e. The molecule has 3 rings (SSSR count). The lowest BCUT2D eigenvalue weighted by Crippen LogP contribution is -2.00. The Balaban J connectivity index is 1.88. The average molecular weight is 303 g/mol. The highest BCUT2D eigenvalue weighted by Gasteiger charge is 2.05. The van der Waals surface area contributed by atoms with Crippen molar-refractivity contribution in [2.45, 2.75) is 6.54 Å². The van der Waals surface area contributed by atoms with Gasteiger partial charge in [0.1, 0.15) is 0 Å². The highest BCUT2D eigenvalue weighted by molar-refractivity contribution is 6.35. The summed E-state index contributed by atoms with van der Waals surface area (Å²) in [6.45, 7) is 0.725. The summed E-state index contributed by atoms with van der Waals surface area (Å²) in [5.41, 5.74) is 3.00. The van der Waals surface area contributed by atoms with Gasteiger partial charge in [0.15, 0.2) is 0 Å². The molecule has 0 spiro atoms. The van der Waals surface area contributed by atoms with Crippen LogP contribution < -0.4 is 5.32 Å². The number of anilines is 1. The largest absolute Gasteiger partial charge is 0.380 e. The molecule has 1 N–H and O–H groups in total. The fraction of sp³-hybridized carbons (Fsp3) is 0.0625. The first kappa shape index (κ1) is 13.2. The van der Waals surface area contributed by atoms with Gasteiger partial charge in [0, 0.05) is 28.8 Å². The van der Waals surface area contributed by atoms with Crippen molar-refractivity contribution in [3.05, 3.63) is 70.3 Å². The first-order valence-electron chi connectivity index (χ1n) is 6.25. The molecule has 1 aromatic heterocycles. The molecule has 2 nitrogen and oxygen atoms in total. The molecule has 2 aromatic carbocycles. The van der Waals surface area contributed by atoms with E-state index in [9.17, 15) is 0 Å². The number of nitrogens with zero attached hydrogens (tertiary/aromatic N) is 1. The van der Waals surface area contributed by atoms with Gasteiger partial charge in [-0.3, -0.25) is 4.98 Å². The number of pyridine rings is 1. The Bertz CT molecular complexity index is 739. The molecule has 4 heteroatoms. The Morgan fingerprint density at radius 2 is 1.75 bits per heavy atom. The fourth-order valence-electron chi connectivity index (χ4n) is 2.09. The van der Waals surface area contributed by atoms with Crippen LogP contribution in [0.4, 0.5) is 5.69 Å². The molecule has 0 aliphatic rings. The molecule has 0 amide bonds. The molecule has 3 aromatic rings. The normalized spacial score (nSPS) is 10.7. The van der Waals surface area contributed by atoms with Crippen molar-refractivity contribution < 1.29 is 0 Å². The van der Waals surface area contributed by atoms with Gasteiger partial charge < -0.3 is 5.32 Å². The van der Waals surface area contributed by atoms with Crippen molar-refractivity contribution in [1.29, 1.82) is 0 Å². The molecule has 0 atom stereocenters. The number of aromatic nitrogens is 1. The summed E-state index contributed by atoms with van der Waals surface area (Å²) < 4.78 is 0. The van der Waals surface area contributed by atoms with E-state index in [1.54, 1.807) is 6.20 Å². The summed E-state index contributed by atoms with van der Waals surface area (Å²) in [5.74, 6) is 0. The van der Waals surface area contributed by atoms with E-state index in [2.05, 4.69) is 10.3 Å². The highest BCUT2D eigenvalue weighted by Crippen LogP contribution is 2.28. The van der Waals surface area contributed by atoms with Crippen LogP contribution in [0.3, 0.4) is 0 Å². The van der Waals surface area contributed by atoms with Crippen LogP contribution in [0.15, 0.2) is 54.7 Å². The lowest BCUT2D eigenvalue weighted by molar-refractivity contribution is 1.15. The van der Waals surface area contributed by atoms with E-state index in [4.69, 9.17) is 23.2 Å². The zero-order chi connectivity index (χ0) is 13.9. The van der Waals surface area contributed by atoms with Gasteiger partial charge >= 0.3 is 0 Å². The maximum Gasteiger partial charge on any atom is 0.0908 e. The monoisotopic (exact) mass is 302 g/mol. The van der Waals surface area contributed by atoms with Crippen LogP contribution >= 0.6 is 23.2 Å². The van der Waals surface area contributed by atoms with Crippen molar-refractivity contribution in [3.63, 3.8) is 0 Å². The molecule has 0 aliphatic heterocycles. The Morgan fingerprint density at radius 1 is 0.950 bits per heavy atom. The molecular weight excluding hydrogens is 291 g/mol. The molecule has 100 valence electrons. The smallest absolute Gasteiger partial charge is 0.0908 e. The van der Waals surface area contributed by atoms with Crippen LogP contribution in [0.5, 0.6) is 0 Å². The summed E-state index contributed by atoms with van der Waals surface area (Å²) in [7, 11) is 0. The van der Waals surface area contributed by atoms with E-state index in [1.165, 1.54) is 5.56 Å². The van der Waals surface area contributed by atoms with E-state index >= 15 is 0 Å². The van der Waals surface area contributed by atoms with Crippen molar-refractivity contribution in [2.24, 2.45) is 0 Å². The summed E-state index contributed by atoms with van der Waals surface area (Å²) >= 11 is 12.0. The van der Waals surface area contributed by atoms with Crippen molar-refractivity contribution in [2.75, 3.05) is 5.32 Å². The third-order valence-corrected chi connectivity index (χ3v) is 3.67. The fourth-order valence-corrected chi connectivity index (χ4v) is 2.43. The van der Waals surface area contributed by atoms with Crippen LogP contribution in [0, 0.1) is 0 Å². The zero-order valence-corrected chi connectivity index (χ0v) is 12.1. The van der Waals surface area contributed by atoms with Gasteiger partial charge in [-0.1, -0.05) is 35.3 Å². The van der Waals surface area contributed by atoms with E-state index < -0.39 is 0 Å². The van der Waals surface area contributed by atoms with Gasteiger partial charge in [0.25, 0.3) is 0 Å². The van der Waals surface area contributed by atoms with E-state index in [-0.39, 0.29) is 0 Å². The van der Waals surface area contributed by atoms with Gasteiger partial charge in [0.05, 0.1) is 10.5 Å². The molecule has 20 heavy (non-hydrogen) atoms. The number of benzene rings is 2. The molecule has 0 saturated carbocycles. The number of nitrogens with one attached hydrogen (secondary N) is 1. The van der Waals surface area contributed by atoms with Crippen LogP contribution in [0.1, 0.15) is 5.56 Å². The summed E-state index contributed by atoms with van der Waals surface area (Å²) in [5, 5.41) is 5.84. The highest BCUT2D eigenvalue weighted by atomic mass is 35.5. The summed E-state index contributed by atoms with van der Waals surface area (Å²) in [6.07, 6.45) is 1.75. The predicted molar refractivity (Wildman–Crippen MR) is 85.5 cm³/mol. The maximum absolute atomic E-state index is 6.16. The van der Waals surface area contributed by atoms with Crippen LogP contribution in [-0.4, -0.2) is 4.98 Å². The third-order valence-electron chi connectivity index (χ3n) is 3.12. The lowest BCUT2D eigenvalue weighted by Gasteiger charge is -2.10. The first-order valence-corrected chi connectivity index (χ1v) is 7.01. The topological polar surface area (TPSA) is 24.9 Å². The van der Waals surface area contributed by atoms with Gasteiger partial charge in [0.2, 0.25) is 0 Å². The standard InChI is InChI=1S/C16H12Cl2N2/c17-12-5-3-11(4-6-12)10-20-15-8-7-14(18)16-13(15)2-1-9-19-16/h1-9,20H,10H2. The minimum atomic E-state index is 0.664. The van der Waals surface area contributed by atoms with Crippen molar-refractivity contribution in [1.82, 2.24) is 4.98 Å². The molecule has 0 unspecified atom stereocenters. The second-order valence-electron chi connectivity index (χ2n) is 4.47. The predicted octanol–water partition coefficient (Wildman–Crippen LogP) is 5.15. The summed E-state index contributed by atoms with van der Waals surface area (Å²) in [6, 6.07) is 15.5. The SMILES string of the molecule is Clc1ccc(CNc2ccc(Cl)c3ncccc23)cc1. The van der Waals surface area contributed by atoms with Crippen molar-refractivity contribution >= 4 is 39.8 Å². The third kappa shape index (κ3) is 2.72. The Morgan fingerprint density at radius 3 is 2.55 bits per heavy atom. The second-order valence-corrected chi connectivity index (χ2v) is 5.32. The lowest BCUT2D eigenvalue weighted by atomic mass is 10.1. The van der Waals surface area contributed by atoms with Gasteiger partial charge in [-0.15, -0.1) is 0 Å². The minimum absolute atomic E-state index is 0.664. The Labute approximate surface area is 127 Å². The number of fused-ring (bicyclic) bond motifs is 1. The Hall–Kier alpha value is -1.77. The molecular formula is C16H12Cl2N2. The molecule has 0 bridgehead atoms. The van der Waals surface area contributed by atoms with E-state index in [1.807, 2.05) is 48.5 Å². The molecule has 0 saturated heterocycles. The van der Waals surface area contributed by atoms with Crippen molar-refractivity contribution in [3.8, 4) is 0 Å². The number of hydrogen-bond acceptors (Lipinski definition) is 2. The van der Waals surface area contributed by atoms with Crippen LogP contribution in [-0.2, 0) is 6.54 Å². The molecule has 0 fully saturated rings. The first-order chi connectivity index (χ1) is 9.74. The molecule has 0 radical (unpaired) electrons. The van der Waals surface area contributed by atoms with E-state index in [0.29, 0.717) is 5.02 Å². The quantitative estimate of drug-likeness (QED) is 0.723. The van der Waals surface area contributed by atoms with Gasteiger partial charge in [-0.25, -0.2) is 0 Å². The molecule has 1 heterocycles. The number of hydrogen-bond donors (Lipinski definition) is 1. The van der Waals surface area contributed by atoms with Crippen LogP contribution in [0.25, 0.3) is 10.9 Å². The average Bonchev–Trinajstić information content (AvgIpc) is 2.49. The Kier molecular flexibility index (Phi) is 3.77. The van der Waals surface area contributed by atoms with Gasteiger partial charge in [-0.2, -0.15) is 0 Å². The van der Waals surface area contributed by atoms with Crippen LogP contribution in [0.2, 0.25) is 10.0 Å². The summed E-state index contributed by atoms with van der Waals surface area (Å²) in [4.78, 5) is 4.32. The second kappa shape index (κ2) is 5.70. The number of halogens is 2. The van der Waals surface area contributed by atoms with Gasteiger partial charge in [-0.05, 0) is 42.0 Å². The van der Waals surface area contributed by atoms with E-state index in [0.717, 1.165) is 28.2 Å². The molecule has 0 aliphatic carbocycles.